The molecular formula is C8H12N2O5S. The van der Waals surface area contributed by atoms with E-state index in [1.54, 1.807) is 6.92 Å². The van der Waals surface area contributed by atoms with Crippen molar-refractivity contribution >= 4 is 16.0 Å². The Morgan fingerprint density at radius 3 is 2.75 bits per heavy atom. The van der Waals surface area contributed by atoms with Crippen LogP contribution in [0.2, 0.25) is 0 Å². The molecule has 0 bridgehead atoms. The van der Waals surface area contributed by atoms with E-state index in [-0.39, 0.29) is 5.76 Å². The molecule has 1 rings (SSSR count). The maximum Gasteiger partial charge on any atom is 0.321 e. The van der Waals surface area contributed by atoms with E-state index in [1.807, 2.05) is 4.72 Å². The smallest absolute Gasteiger partial charge is 0.321 e. The largest absolute Gasteiger partial charge is 0.480 e. The van der Waals surface area contributed by atoms with Gasteiger partial charge >= 0.3 is 5.97 Å². The molecule has 7 nitrogen and oxygen atoms in total. The highest BCUT2D eigenvalue weighted by Gasteiger charge is 2.21. The highest BCUT2D eigenvalue weighted by Crippen LogP contribution is 2.06. The number of aryl methyl sites for hydroxylation is 1. The number of rotatable bonds is 5. The Morgan fingerprint density at radius 2 is 2.31 bits per heavy atom. The van der Waals surface area contributed by atoms with Gasteiger partial charge in [-0.15, -0.1) is 0 Å². The van der Waals surface area contributed by atoms with Crippen LogP contribution in [0, 0.1) is 6.92 Å². The second kappa shape index (κ2) is 4.62. The number of carboxylic acids is 1. The van der Waals surface area contributed by atoms with Gasteiger partial charge in [-0.25, -0.2) is 13.1 Å². The molecule has 1 unspecified atom stereocenters. The minimum Gasteiger partial charge on any atom is -0.480 e. The van der Waals surface area contributed by atoms with Crippen LogP contribution in [0.4, 0.5) is 0 Å². The van der Waals surface area contributed by atoms with Gasteiger partial charge in [0.1, 0.15) is 11.8 Å². The average molecular weight is 248 g/mol. The normalized spacial score (nSPS) is 13.6. The molecule has 0 spiro atoms. The van der Waals surface area contributed by atoms with Gasteiger partial charge in [0.2, 0.25) is 10.0 Å². The van der Waals surface area contributed by atoms with Gasteiger partial charge in [-0.3, -0.25) is 4.79 Å². The lowest BCUT2D eigenvalue weighted by Gasteiger charge is -2.08. The fraction of sp³-hybridized carbons (Fsp3) is 0.500. The molecule has 0 aromatic carbocycles. The molecule has 0 radical (unpaired) electrons. The van der Waals surface area contributed by atoms with E-state index in [0.29, 0.717) is 5.69 Å². The standard InChI is InChI=1S/C8H12N2O5S/c1-5-3-7(15-9-5)4-16(13,14)10-6(2)8(11)12/h3,6,10H,4H2,1-2H3,(H,11,12). The number of sulfonamides is 1. The van der Waals surface area contributed by atoms with Crippen molar-refractivity contribution < 1.29 is 22.8 Å². The number of aliphatic carboxylic acids is 1. The van der Waals surface area contributed by atoms with E-state index < -0.39 is 27.8 Å². The van der Waals surface area contributed by atoms with E-state index in [0.717, 1.165) is 0 Å². The zero-order chi connectivity index (χ0) is 12.3. The zero-order valence-corrected chi connectivity index (χ0v) is 9.61. The van der Waals surface area contributed by atoms with Crippen LogP contribution < -0.4 is 4.72 Å². The van der Waals surface area contributed by atoms with Crippen LogP contribution in [0.5, 0.6) is 0 Å². The number of carboxylic acid groups (broad SMARTS) is 1. The second-order valence-electron chi connectivity index (χ2n) is 3.37. The summed E-state index contributed by atoms with van der Waals surface area (Å²) in [5.41, 5.74) is 0.566. The molecule has 1 atom stereocenters. The van der Waals surface area contributed by atoms with Crippen molar-refractivity contribution in [2.45, 2.75) is 25.6 Å². The van der Waals surface area contributed by atoms with E-state index in [4.69, 9.17) is 9.63 Å². The summed E-state index contributed by atoms with van der Waals surface area (Å²) >= 11 is 0. The minimum absolute atomic E-state index is 0.169. The first-order valence-electron chi connectivity index (χ1n) is 4.45. The molecule has 0 saturated heterocycles. The Kier molecular flexibility index (Phi) is 3.66. The Balaban J connectivity index is 2.69. The third-order valence-corrected chi connectivity index (χ3v) is 3.11. The van der Waals surface area contributed by atoms with Crippen molar-refractivity contribution in [3.63, 3.8) is 0 Å². The number of nitrogens with zero attached hydrogens (tertiary/aromatic N) is 1. The van der Waals surface area contributed by atoms with Crippen LogP contribution in [0.3, 0.4) is 0 Å². The van der Waals surface area contributed by atoms with Crippen LogP contribution in [0.1, 0.15) is 18.4 Å². The summed E-state index contributed by atoms with van der Waals surface area (Å²) in [6, 6.07) is 0.305. The Hall–Kier alpha value is -1.41. The Bertz CT molecular complexity index is 478. The Labute approximate surface area is 92.5 Å². The quantitative estimate of drug-likeness (QED) is 0.751. The molecule has 1 aromatic heterocycles. The van der Waals surface area contributed by atoms with Gasteiger partial charge in [-0.1, -0.05) is 5.16 Å². The summed E-state index contributed by atoms with van der Waals surface area (Å²) in [4.78, 5) is 10.5. The molecule has 0 aliphatic rings. The number of hydrogen-bond acceptors (Lipinski definition) is 5. The second-order valence-corrected chi connectivity index (χ2v) is 5.13. The summed E-state index contributed by atoms with van der Waals surface area (Å²) in [6.45, 7) is 2.90. The zero-order valence-electron chi connectivity index (χ0n) is 8.80. The highest BCUT2D eigenvalue weighted by atomic mass is 32.2. The number of nitrogens with one attached hydrogen (secondary N) is 1. The van der Waals surface area contributed by atoms with Crippen LogP contribution in [-0.4, -0.2) is 30.7 Å². The van der Waals surface area contributed by atoms with Crippen LogP contribution in [-0.2, 0) is 20.6 Å². The molecule has 90 valence electrons. The molecule has 0 fully saturated rings. The molecule has 1 heterocycles. The number of carbonyl (C=O) groups is 1. The summed E-state index contributed by atoms with van der Waals surface area (Å²) in [6.07, 6.45) is 0. The van der Waals surface area contributed by atoms with Gasteiger partial charge < -0.3 is 9.63 Å². The van der Waals surface area contributed by atoms with Crippen LogP contribution >= 0.6 is 0 Å². The first-order valence-corrected chi connectivity index (χ1v) is 6.10. The highest BCUT2D eigenvalue weighted by molar-refractivity contribution is 7.88. The predicted molar refractivity (Wildman–Crippen MR) is 54.1 cm³/mol. The van der Waals surface area contributed by atoms with Gasteiger partial charge in [-0.2, -0.15) is 0 Å². The van der Waals surface area contributed by atoms with E-state index in [1.165, 1.54) is 13.0 Å². The number of hydrogen-bond donors (Lipinski definition) is 2. The van der Waals surface area contributed by atoms with Gasteiger partial charge in [0.15, 0.2) is 5.76 Å². The third kappa shape index (κ3) is 3.63. The molecule has 8 heteroatoms. The van der Waals surface area contributed by atoms with Gasteiger partial charge in [0, 0.05) is 6.07 Å². The fourth-order valence-electron chi connectivity index (χ4n) is 1.03. The monoisotopic (exact) mass is 248 g/mol. The molecule has 1 aromatic rings. The van der Waals surface area contributed by atoms with Gasteiger partial charge in [-0.05, 0) is 13.8 Å². The lowest BCUT2D eigenvalue weighted by Crippen LogP contribution is -2.38. The maximum absolute atomic E-state index is 11.5. The maximum atomic E-state index is 11.5. The third-order valence-electron chi connectivity index (χ3n) is 1.74. The lowest BCUT2D eigenvalue weighted by molar-refractivity contribution is -0.138. The van der Waals surface area contributed by atoms with Crippen molar-refractivity contribution in [3.8, 4) is 0 Å². The molecule has 0 aliphatic heterocycles. The topological polar surface area (TPSA) is 110 Å². The first kappa shape index (κ1) is 12.7. The average Bonchev–Trinajstić information content (AvgIpc) is 2.48. The lowest BCUT2D eigenvalue weighted by atomic mass is 10.4. The van der Waals surface area contributed by atoms with E-state index in [2.05, 4.69) is 5.16 Å². The summed E-state index contributed by atoms with van der Waals surface area (Å²) < 4.78 is 29.6. The van der Waals surface area contributed by atoms with Crippen LogP contribution in [0.25, 0.3) is 0 Å². The molecule has 0 saturated carbocycles. The van der Waals surface area contributed by atoms with Crippen LogP contribution in [0.15, 0.2) is 10.6 Å². The van der Waals surface area contributed by atoms with Gasteiger partial charge in [0.05, 0.1) is 5.69 Å². The molecular weight excluding hydrogens is 236 g/mol. The van der Waals surface area contributed by atoms with Crippen molar-refractivity contribution in [1.82, 2.24) is 9.88 Å². The van der Waals surface area contributed by atoms with Crippen molar-refractivity contribution in [3.05, 3.63) is 17.5 Å². The minimum atomic E-state index is -3.73. The van der Waals surface area contributed by atoms with E-state index in [9.17, 15) is 13.2 Å². The van der Waals surface area contributed by atoms with Crippen molar-refractivity contribution in [1.29, 1.82) is 0 Å². The molecule has 0 aliphatic carbocycles. The predicted octanol–water partition coefficient (Wildman–Crippen LogP) is -0.124. The van der Waals surface area contributed by atoms with Crippen molar-refractivity contribution in [2.24, 2.45) is 0 Å². The van der Waals surface area contributed by atoms with Crippen molar-refractivity contribution in [2.75, 3.05) is 0 Å². The van der Waals surface area contributed by atoms with E-state index >= 15 is 0 Å². The molecule has 16 heavy (non-hydrogen) atoms. The number of aromatic nitrogens is 1. The summed E-state index contributed by atoms with van der Waals surface area (Å²) in [7, 11) is -3.73. The first-order chi connectivity index (χ1) is 7.30. The SMILES string of the molecule is Cc1cc(CS(=O)(=O)NC(C)C(=O)O)on1. The summed E-state index contributed by atoms with van der Waals surface area (Å²) in [5.74, 6) is -1.49. The molecule has 2 N–H and O–H groups in total. The molecule has 0 amide bonds. The Morgan fingerprint density at radius 1 is 1.69 bits per heavy atom. The fourth-order valence-corrected chi connectivity index (χ4v) is 2.27. The van der Waals surface area contributed by atoms with Gasteiger partial charge in [0.25, 0.3) is 0 Å². The summed E-state index contributed by atoms with van der Waals surface area (Å²) in [5, 5.41) is 12.1.